The molecule has 0 radical (unpaired) electrons. The van der Waals surface area contributed by atoms with E-state index in [0.717, 1.165) is 41.3 Å². The van der Waals surface area contributed by atoms with Crippen molar-refractivity contribution in [3.05, 3.63) is 54.1 Å². The van der Waals surface area contributed by atoms with Gasteiger partial charge in [0.25, 0.3) is 0 Å². The summed E-state index contributed by atoms with van der Waals surface area (Å²) in [7, 11) is -4.33. The Kier molecular flexibility index (Phi) is 7.15. The number of piperidine rings is 1. The van der Waals surface area contributed by atoms with Gasteiger partial charge in [0.2, 0.25) is 15.9 Å². The first-order valence-electron chi connectivity index (χ1n) is 11.1. The molecule has 0 unspecified atom stereocenters. The third-order valence-corrected chi connectivity index (χ3v) is 8.10. The van der Waals surface area contributed by atoms with Crippen LogP contribution in [0.25, 0.3) is 0 Å². The summed E-state index contributed by atoms with van der Waals surface area (Å²) in [5.41, 5.74) is 0.491. The molecule has 1 N–H and O–H groups in total. The number of morpholine rings is 1. The van der Waals surface area contributed by atoms with Gasteiger partial charge in [-0.05, 0) is 49.2 Å². The summed E-state index contributed by atoms with van der Waals surface area (Å²) in [5, 5.41) is 2.86. The SMILES string of the molecule is O=C(Nc1ccc(N2CCOCC2)cc1)C1CCN(S(=O)(=O)c2ccccc2C(F)(F)F)CC1. The number of rotatable bonds is 5. The normalized spacial score (nSPS) is 18.6. The molecule has 0 bridgehead atoms. The average Bonchev–Trinajstić information content (AvgIpc) is 2.84. The Morgan fingerprint density at radius 2 is 1.56 bits per heavy atom. The number of halogens is 3. The molecule has 0 aliphatic carbocycles. The van der Waals surface area contributed by atoms with E-state index in [4.69, 9.17) is 4.74 Å². The molecule has 2 heterocycles. The lowest BCUT2D eigenvalue weighted by molar-refractivity contribution is -0.139. The molecule has 2 saturated heterocycles. The van der Waals surface area contributed by atoms with E-state index in [-0.39, 0.29) is 31.8 Å². The molecule has 11 heteroatoms. The third kappa shape index (κ3) is 5.37. The first-order valence-corrected chi connectivity index (χ1v) is 12.5. The molecular formula is C23H26F3N3O4S. The van der Waals surface area contributed by atoms with E-state index in [2.05, 4.69) is 10.2 Å². The zero-order valence-corrected chi connectivity index (χ0v) is 19.2. The van der Waals surface area contributed by atoms with Crippen molar-refractivity contribution in [3.63, 3.8) is 0 Å². The van der Waals surface area contributed by atoms with Crippen LogP contribution in [0.1, 0.15) is 18.4 Å². The third-order valence-electron chi connectivity index (χ3n) is 6.15. The van der Waals surface area contributed by atoms with Crippen LogP contribution < -0.4 is 10.2 Å². The number of ether oxygens (including phenoxy) is 1. The summed E-state index contributed by atoms with van der Waals surface area (Å²) in [4.78, 5) is 14.1. The van der Waals surface area contributed by atoms with Crippen molar-refractivity contribution >= 4 is 27.3 Å². The first kappa shape index (κ1) is 24.5. The van der Waals surface area contributed by atoms with Gasteiger partial charge in [-0.15, -0.1) is 0 Å². The van der Waals surface area contributed by atoms with Crippen molar-refractivity contribution in [1.82, 2.24) is 4.31 Å². The molecule has 0 atom stereocenters. The monoisotopic (exact) mass is 497 g/mol. The van der Waals surface area contributed by atoms with E-state index in [9.17, 15) is 26.4 Å². The number of anilines is 2. The van der Waals surface area contributed by atoms with E-state index in [0.29, 0.717) is 18.9 Å². The van der Waals surface area contributed by atoms with Crippen LogP contribution in [0.15, 0.2) is 53.4 Å². The van der Waals surface area contributed by atoms with E-state index < -0.39 is 32.6 Å². The summed E-state index contributed by atoms with van der Waals surface area (Å²) in [6.07, 6.45) is -4.32. The topological polar surface area (TPSA) is 79.0 Å². The number of amides is 1. The van der Waals surface area contributed by atoms with Crippen molar-refractivity contribution in [3.8, 4) is 0 Å². The molecule has 4 rings (SSSR count). The minimum absolute atomic E-state index is 0.0252. The molecule has 34 heavy (non-hydrogen) atoms. The summed E-state index contributed by atoms with van der Waals surface area (Å²) >= 11 is 0. The highest BCUT2D eigenvalue weighted by Crippen LogP contribution is 2.36. The Morgan fingerprint density at radius 3 is 2.18 bits per heavy atom. The highest BCUT2D eigenvalue weighted by Gasteiger charge is 2.40. The summed E-state index contributed by atoms with van der Waals surface area (Å²) < 4.78 is 72.1. The quantitative estimate of drug-likeness (QED) is 0.683. The number of hydrogen-bond donors (Lipinski definition) is 1. The fourth-order valence-electron chi connectivity index (χ4n) is 4.24. The predicted molar refractivity (Wildman–Crippen MR) is 121 cm³/mol. The Labute approximate surface area is 196 Å². The number of hydrogen-bond acceptors (Lipinski definition) is 5. The van der Waals surface area contributed by atoms with Gasteiger partial charge >= 0.3 is 6.18 Å². The number of nitrogens with one attached hydrogen (secondary N) is 1. The molecule has 0 aromatic heterocycles. The number of nitrogens with zero attached hydrogens (tertiary/aromatic N) is 2. The van der Waals surface area contributed by atoms with Crippen LogP contribution in [-0.2, 0) is 25.7 Å². The average molecular weight is 498 g/mol. The molecule has 2 aliphatic heterocycles. The Hall–Kier alpha value is -2.63. The summed E-state index contributed by atoms with van der Waals surface area (Å²) in [6.45, 7) is 2.91. The van der Waals surface area contributed by atoms with Gasteiger partial charge in [-0.2, -0.15) is 17.5 Å². The zero-order chi connectivity index (χ0) is 24.3. The van der Waals surface area contributed by atoms with Crippen LogP contribution in [0.2, 0.25) is 0 Å². The van der Waals surface area contributed by atoms with Gasteiger partial charge in [0.15, 0.2) is 0 Å². The van der Waals surface area contributed by atoms with Gasteiger partial charge in [0.05, 0.1) is 23.7 Å². The second-order valence-electron chi connectivity index (χ2n) is 8.31. The van der Waals surface area contributed by atoms with Crippen molar-refractivity contribution in [1.29, 1.82) is 0 Å². The highest BCUT2D eigenvalue weighted by molar-refractivity contribution is 7.89. The van der Waals surface area contributed by atoms with E-state index in [1.165, 1.54) is 6.07 Å². The van der Waals surface area contributed by atoms with Gasteiger partial charge in [0.1, 0.15) is 0 Å². The molecule has 2 aromatic rings. The molecule has 7 nitrogen and oxygen atoms in total. The van der Waals surface area contributed by atoms with Crippen molar-refractivity contribution in [2.75, 3.05) is 49.6 Å². The first-order chi connectivity index (χ1) is 16.2. The van der Waals surface area contributed by atoms with Gasteiger partial charge in [-0.3, -0.25) is 4.79 Å². The molecule has 0 spiro atoms. The second kappa shape index (κ2) is 9.93. The van der Waals surface area contributed by atoms with Gasteiger partial charge in [-0.25, -0.2) is 8.42 Å². The fraction of sp³-hybridized carbons (Fsp3) is 0.435. The molecule has 2 aromatic carbocycles. The molecule has 1 amide bonds. The van der Waals surface area contributed by atoms with E-state index in [1.54, 1.807) is 0 Å². The largest absolute Gasteiger partial charge is 0.417 e. The maximum atomic E-state index is 13.3. The lowest BCUT2D eigenvalue weighted by Crippen LogP contribution is -2.41. The standard InChI is InChI=1S/C23H26F3N3O4S/c24-23(25,26)20-3-1-2-4-21(20)34(31,32)29-11-9-17(10-12-29)22(30)27-18-5-7-19(8-6-18)28-13-15-33-16-14-28/h1-8,17H,9-16H2,(H,27,30). The zero-order valence-electron chi connectivity index (χ0n) is 18.4. The minimum Gasteiger partial charge on any atom is -0.378 e. The molecule has 2 fully saturated rings. The molecule has 184 valence electrons. The van der Waals surface area contributed by atoms with E-state index in [1.807, 2.05) is 24.3 Å². The van der Waals surface area contributed by atoms with Gasteiger partial charge in [0, 0.05) is 43.5 Å². The van der Waals surface area contributed by atoms with Crippen LogP contribution in [0.5, 0.6) is 0 Å². The van der Waals surface area contributed by atoms with Crippen LogP contribution in [-0.4, -0.2) is 58.0 Å². The Balaban J connectivity index is 1.36. The highest BCUT2D eigenvalue weighted by atomic mass is 32.2. The summed E-state index contributed by atoms with van der Waals surface area (Å²) in [5.74, 6) is -0.657. The van der Waals surface area contributed by atoms with Gasteiger partial charge in [-0.1, -0.05) is 12.1 Å². The lowest BCUT2D eigenvalue weighted by Gasteiger charge is -2.31. The molecule has 0 saturated carbocycles. The number of benzene rings is 2. The number of sulfonamides is 1. The van der Waals surface area contributed by atoms with Gasteiger partial charge < -0.3 is 15.0 Å². The summed E-state index contributed by atoms with van der Waals surface area (Å²) in [6, 6.07) is 11.6. The van der Waals surface area contributed by atoms with Crippen LogP contribution >= 0.6 is 0 Å². The fourth-order valence-corrected chi connectivity index (χ4v) is 5.93. The van der Waals surface area contributed by atoms with Crippen molar-refractivity contribution in [2.45, 2.75) is 23.9 Å². The molecular weight excluding hydrogens is 471 g/mol. The van der Waals surface area contributed by atoms with Crippen molar-refractivity contribution in [2.24, 2.45) is 5.92 Å². The predicted octanol–water partition coefficient (Wildman–Crippen LogP) is 3.58. The number of carbonyl (C=O) groups excluding carboxylic acids is 1. The van der Waals surface area contributed by atoms with E-state index >= 15 is 0 Å². The van der Waals surface area contributed by atoms with Crippen LogP contribution in [0.4, 0.5) is 24.5 Å². The van der Waals surface area contributed by atoms with Crippen LogP contribution in [0.3, 0.4) is 0 Å². The second-order valence-corrected chi connectivity index (χ2v) is 10.2. The lowest BCUT2D eigenvalue weighted by atomic mass is 9.97. The van der Waals surface area contributed by atoms with Crippen molar-refractivity contribution < 1.29 is 31.1 Å². The Morgan fingerprint density at radius 1 is 0.941 bits per heavy atom. The molecule has 2 aliphatic rings. The minimum atomic E-state index is -4.78. The maximum absolute atomic E-state index is 13.3. The maximum Gasteiger partial charge on any atom is 0.417 e. The number of alkyl halides is 3. The smallest absolute Gasteiger partial charge is 0.378 e. The Bertz CT molecular complexity index is 1110. The van der Waals surface area contributed by atoms with Crippen LogP contribution in [0, 0.1) is 5.92 Å². The number of carbonyl (C=O) groups is 1.